The minimum atomic E-state index is -1.01. The number of benzene rings is 1. The molecule has 2 nitrogen and oxygen atoms in total. The summed E-state index contributed by atoms with van der Waals surface area (Å²) in [6.45, 7) is 2.42. The van der Waals surface area contributed by atoms with Gasteiger partial charge in [-0.1, -0.05) is 12.2 Å². The predicted octanol–water partition coefficient (Wildman–Crippen LogP) is 3.58. The van der Waals surface area contributed by atoms with Crippen molar-refractivity contribution in [3.63, 3.8) is 0 Å². The lowest BCUT2D eigenvalue weighted by molar-refractivity contribution is 0.509. The van der Waals surface area contributed by atoms with Crippen molar-refractivity contribution in [3.05, 3.63) is 51.2 Å². The van der Waals surface area contributed by atoms with E-state index in [1.807, 2.05) is 18.4 Å². The number of rotatable bonds is 4. The highest BCUT2D eigenvalue weighted by molar-refractivity contribution is 7.80. The number of nitrogens with one attached hydrogen (secondary N) is 1. The van der Waals surface area contributed by atoms with Crippen LogP contribution >= 0.6 is 23.6 Å². The van der Waals surface area contributed by atoms with Gasteiger partial charge in [0.2, 0.25) is 0 Å². The van der Waals surface area contributed by atoms with Crippen LogP contribution in [-0.2, 0) is 6.54 Å². The Hall–Kier alpha value is -1.53. The van der Waals surface area contributed by atoms with Gasteiger partial charge in [-0.2, -0.15) is 0 Å². The smallest absolute Gasteiger partial charge is 0.182 e. The number of halogens is 2. The van der Waals surface area contributed by atoms with E-state index in [-0.39, 0.29) is 16.2 Å². The third-order valence-corrected chi connectivity index (χ3v) is 4.00. The first kappa shape index (κ1) is 13.9. The number of thiophene rings is 1. The fraction of sp³-hybridized carbons (Fsp3) is 0.154. The van der Waals surface area contributed by atoms with Crippen LogP contribution in [0.1, 0.15) is 16.0 Å². The molecule has 0 aliphatic rings. The van der Waals surface area contributed by atoms with E-state index < -0.39 is 11.6 Å². The molecule has 6 heteroatoms. The van der Waals surface area contributed by atoms with Gasteiger partial charge in [-0.05, 0) is 36.1 Å². The van der Waals surface area contributed by atoms with Crippen molar-refractivity contribution in [2.75, 3.05) is 5.32 Å². The Morgan fingerprint density at radius 3 is 2.63 bits per heavy atom. The zero-order chi connectivity index (χ0) is 14.0. The van der Waals surface area contributed by atoms with Gasteiger partial charge >= 0.3 is 0 Å². The Morgan fingerprint density at radius 1 is 1.32 bits per heavy atom. The molecule has 0 spiro atoms. The third-order valence-electron chi connectivity index (χ3n) is 2.76. The van der Waals surface area contributed by atoms with E-state index in [2.05, 4.69) is 17.5 Å². The summed E-state index contributed by atoms with van der Waals surface area (Å²) in [4.78, 5) is 0.926. The largest absolute Gasteiger partial charge is 0.389 e. The maximum absolute atomic E-state index is 13.8. The number of hydrogen-bond acceptors (Lipinski definition) is 3. The molecule has 0 aliphatic carbocycles. The van der Waals surface area contributed by atoms with Gasteiger partial charge in [0.15, 0.2) is 11.6 Å². The average Bonchev–Trinajstić information content (AvgIpc) is 2.76. The van der Waals surface area contributed by atoms with Crippen molar-refractivity contribution < 1.29 is 8.78 Å². The summed E-state index contributed by atoms with van der Waals surface area (Å²) < 4.78 is 27.5. The summed E-state index contributed by atoms with van der Waals surface area (Å²) in [5, 5.41) is 4.83. The zero-order valence-corrected chi connectivity index (χ0v) is 11.8. The Kier molecular flexibility index (Phi) is 4.11. The van der Waals surface area contributed by atoms with E-state index in [1.54, 1.807) is 11.3 Å². The first-order valence-electron chi connectivity index (χ1n) is 5.55. The van der Waals surface area contributed by atoms with Gasteiger partial charge in [0, 0.05) is 17.0 Å². The van der Waals surface area contributed by atoms with E-state index in [9.17, 15) is 8.78 Å². The van der Waals surface area contributed by atoms with Gasteiger partial charge in [-0.3, -0.25) is 0 Å². The van der Waals surface area contributed by atoms with Crippen LogP contribution < -0.4 is 11.1 Å². The highest BCUT2D eigenvalue weighted by Gasteiger charge is 2.15. The Balaban J connectivity index is 2.20. The van der Waals surface area contributed by atoms with Crippen LogP contribution in [0.5, 0.6) is 0 Å². The van der Waals surface area contributed by atoms with Crippen LogP contribution in [0.4, 0.5) is 14.5 Å². The van der Waals surface area contributed by atoms with Crippen molar-refractivity contribution in [1.29, 1.82) is 0 Å². The molecule has 0 bridgehead atoms. The second kappa shape index (κ2) is 5.63. The van der Waals surface area contributed by atoms with Crippen LogP contribution in [0.25, 0.3) is 0 Å². The van der Waals surface area contributed by atoms with Crippen molar-refractivity contribution in [2.24, 2.45) is 5.73 Å². The lowest BCUT2D eigenvalue weighted by atomic mass is 10.1. The number of anilines is 1. The quantitative estimate of drug-likeness (QED) is 0.847. The summed E-state index contributed by atoms with van der Waals surface area (Å²) in [5.74, 6) is -1.97. The van der Waals surface area contributed by atoms with Crippen LogP contribution in [0, 0.1) is 18.6 Å². The summed E-state index contributed by atoms with van der Waals surface area (Å²) in [7, 11) is 0. The van der Waals surface area contributed by atoms with Gasteiger partial charge in [-0.15, -0.1) is 11.3 Å². The van der Waals surface area contributed by atoms with E-state index >= 15 is 0 Å². The molecule has 2 rings (SSSR count). The van der Waals surface area contributed by atoms with Gasteiger partial charge in [0.05, 0.1) is 5.69 Å². The minimum absolute atomic E-state index is 0.0784. The molecule has 0 unspecified atom stereocenters. The summed E-state index contributed by atoms with van der Waals surface area (Å²) in [5.41, 5.74) is 6.46. The molecule has 100 valence electrons. The monoisotopic (exact) mass is 298 g/mol. The van der Waals surface area contributed by atoms with Crippen molar-refractivity contribution in [3.8, 4) is 0 Å². The molecule has 1 aromatic heterocycles. The molecule has 1 heterocycles. The molecule has 0 saturated heterocycles. The molecule has 0 saturated carbocycles. The Morgan fingerprint density at radius 2 is 2.05 bits per heavy atom. The summed E-state index contributed by atoms with van der Waals surface area (Å²) in [6.07, 6.45) is 0. The fourth-order valence-corrected chi connectivity index (χ4v) is 2.64. The maximum atomic E-state index is 13.8. The minimum Gasteiger partial charge on any atom is -0.389 e. The molecule has 19 heavy (non-hydrogen) atoms. The Bertz CT molecular complexity index is 623. The molecule has 1 aromatic carbocycles. The summed E-state index contributed by atoms with van der Waals surface area (Å²) >= 11 is 6.22. The molecule has 0 radical (unpaired) electrons. The van der Waals surface area contributed by atoms with Gasteiger partial charge < -0.3 is 11.1 Å². The van der Waals surface area contributed by atoms with Crippen molar-refractivity contribution in [2.45, 2.75) is 13.5 Å². The number of thiocarbonyl (C=S) groups is 1. The Labute approximate surface area is 119 Å². The molecule has 0 aliphatic heterocycles. The van der Waals surface area contributed by atoms with Crippen LogP contribution in [0.15, 0.2) is 23.6 Å². The molecule has 0 fully saturated rings. The van der Waals surface area contributed by atoms with E-state index in [1.165, 1.54) is 12.1 Å². The SMILES string of the molecule is Cc1ccsc1CNc1ccc(C(N)=S)c(F)c1F. The summed E-state index contributed by atoms with van der Waals surface area (Å²) in [6, 6.07) is 4.80. The number of hydrogen-bond donors (Lipinski definition) is 2. The zero-order valence-electron chi connectivity index (χ0n) is 10.2. The van der Waals surface area contributed by atoms with Crippen molar-refractivity contribution in [1.82, 2.24) is 0 Å². The highest BCUT2D eigenvalue weighted by atomic mass is 32.1. The number of nitrogens with two attached hydrogens (primary N) is 1. The lowest BCUT2D eigenvalue weighted by Gasteiger charge is -2.10. The average molecular weight is 298 g/mol. The van der Waals surface area contributed by atoms with E-state index in [4.69, 9.17) is 5.73 Å². The van der Waals surface area contributed by atoms with Crippen LogP contribution in [0.3, 0.4) is 0 Å². The van der Waals surface area contributed by atoms with Gasteiger partial charge in [0.1, 0.15) is 4.99 Å². The molecule has 2 aromatic rings. The molecular weight excluding hydrogens is 286 g/mol. The number of aryl methyl sites for hydroxylation is 1. The van der Waals surface area contributed by atoms with E-state index in [0.29, 0.717) is 6.54 Å². The van der Waals surface area contributed by atoms with Gasteiger partial charge in [-0.25, -0.2) is 8.78 Å². The molecule has 3 N–H and O–H groups in total. The lowest BCUT2D eigenvalue weighted by Crippen LogP contribution is -2.13. The first-order valence-corrected chi connectivity index (χ1v) is 6.84. The molecular formula is C13H12F2N2S2. The topological polar surface area (TPSA) is 38.0 Å². The van der Waals surface area contributed by atoms with Gasteiger partial charge in [0.25, 0.3) is 0 Å². The second-order valence-corrected chi connectivity index (χ2v) is 5.47. The maximum Gasteiger partial charge on any atom is 0.182 e. The van der Waals surface area contributed by atoms with Crippen LogP contribution in [0.2, 0.25) is 0 Å². The first-order chi connectivity index (χ1) is 9.00. The van der Waals surface area contributed by atoms with Crippen LogP contribution in [-0.4, -0.2) is 4.99 Å². The molecule has 0 atom stereocenters. The second-order valence-electron chi connectivity index (χ2n) is 4.03. The fourth-order valence-electron chi connectivity index (χ4n) is 1.64. The predicted molar refractivity (Wildman–Crippen MR) is 78.6 cm³/mol. The third kappa shape index (κ3) is 2.90. The molecule has 0 amide bonds. The highest BCUT2D eigenvalue weighted by Crippen LogP contribution is 2.23. The standard InChI is InChI=1S/C13H12F2N2S2/c1-7-4-5-19-10(7)6-17-9-3-2-8(13(16)18)11(14)12(9)15/h2-5,17H,6H2,1H3,(H2,16,18). The normalized spacial score (nSPS) is 10.5. The van der Waals surface area contributed by atoms with Crippen molar-refractivity contribution >= 4 is 34.2 Å². The van der Waals surface area contributed by atoms with E-state index in [0.717, 1.165) is 10.4 Å².